The Kier molecular flexibility index (Phi) is 3.56. The monoisotopic (exact) mass is 321 g/mol. The molecule has 0 bridgehead atoms. The van der Waals surface area contributed by atoms with E-state index in [0.29, 0.717) is 28.6 Å². The summed E-state index contributed by atoms with van der Waals surface area (Å²) in [6.45, 7) is 0. The second-order valence-corrected chi connectivity index (χ2v) is 6.16. The summed E-state index contributed by atoms with van der Waals surface area (Å²) in [6, 6.07) is 12.6. The van der Waals surface area contributed by atoms with E-state index in [2.05, 4.69) is 5.32 Å². The Balaban J connectivity index is 1.95. The maximum Gasteiger partial charge on any atom is 0.330 e. The van der Waals surface area contributed by atoms with Crippen LogP contribution in [0.2, 0.25) is 10.0 Å². The predicted octanol–water partition coefficient (Wildman–Crippen LogP) is 4.03. The van der Waals surface area contributed by atoms with Crippen molar-refractivity contribution in [3.8, 4) is 0 Å². The average molecular weight is 322 g/mol. The molecule has 3 rings (SSSR count). The normalized spacial score (nSPS) is 20.1. The number of aliphatic carboxylic acids is 1. The number of nitrogens with one attached hydrogen (secondary N) is 1. The van der Waals surface area contributed by atoms with Crippen LogP contribution in [0.3, 0.4) is 0 Å². The van der Waals surface area contributed by atoms with Gasteiger partial charge >= 0.3 is 5.97 Å². The molecule has 0 amide bonds. The number of halogens is 2. The molecule has 1 aliphatic carbocycles. The van der Waals surface area contributed by atoms with Crippen molar-refractivity contribution in [2.24, 2.45) is 0 Å². The zero-order chi connectivity index (χ0) is 15.0. The van der Waals surface area contributed by atoms with Crippen LogP contribution >= 0.6 is 23.2 Å². The van der Waals surface area contributed by atoms with Gasteiger partial charge in [0.15, 0.2) is 0 Å². The number of hydrogen-bond acceptors (Lipinski definition) is 2. The molecule has 2 aromatic carbocycles. The lowest BCUT2D eigenvalue weighted by Crippen LogP contribution is -2.47. The smallest absolute Gasteiger partial charge is 0.330 e. The highest BCUT2D eigenvalue weighted by molar-refractivity contribution is 6.31. The van der Waals surface area contributed by atoms with E-state index < -0.39 is 11.5 Å². The summed E-state index contributed by atoms with van der Waals surface area (Å²) in [6.07, 6.45) is 0.812. The van der Waals surface area contributed by atoms with Crippen molar-refractivity contribution in [3.05, 3.63) is 63.6 Å². The van der Waals surface area contributed by atoms with Crippen molar-refractivity contribution in [1.82, 2.24) is 0 Å². The van der Waals surface area contributed by atoms with Crippen LogP contribution in [0.25, 0.3) is 0 Å². The molecule has 0 heterocycles. The standard InChI is InChI=1S/C16H13Cl2NO2/c17-12-2-1-3-14(7-12)19-16(15(20)21)8-10-4-5-13(18)6-11(10)9-16/h1-7,19H,8-9H2,(H,20,21). The van der Waals surface area contributed by atoms with Gasteiger partial charge in [0.2, 0.25) is 0 Å². The second-order valence-electron chi connectivity index (χ2n) is 5.29. The Morgan fingerprint density at radius 2 is 1.76 bits per heavy atom. The molecule has 5 heteroatoms. The molecule has 0 spiro atoms. The SMILES string of the molecule is O=C(O)C1(Nc2cccc(Cl)c2)Cc2ccc(Cl)cc2C1. The van der Waals surface area contributed by atoms with Crippen molar-refractivity contribution in [1.29, 1.82) is 0 Å². The Hall–Kier alpha value is -1.71. The maximum absolute atomic E-state index is 11.8. The van der Waals surface area contributed by atoms with E-state index in [0.717, 1.165) is 11.1 Å². The number of carboxylic acid groups (broad SMARTS) is 1. The molecule has 1 aliphatic rings. The van der Waals surface area contributed by atoms with Gasteiger partial charge in [0.25, 0.3) is 0 Å². The molecular weight excluding hydrogens is 309 g/mol. The number of carboxylic acids is 1. The predicted molar refractivity (Wildman–Crippen MR) is 84.3 cm³/mol. The van der Waals surface area contributed by atoms with Gasteiger partial charge in [0.1, 0.15) is 5.54 Å². The molecule has 1 unspecified atom stereocenters. The highest BCUT2D eigenvalue weighted by Crippen LogP contribution is 2.35. The lowest BCUT2D eigenvalue weighted by Gasteiger charge is -2.26. The Morgan fingerprint density at radius 1 is 1.05 bits per heavy atom. The Bertz CT molecular complexity index is 717. The quantitative estimate of drug-likeness (QED) is 0.897. The molecule has 0 fully saturated rings. The maximum atomic E-state index is 11.8. The van der Waals surface area contributed by atoms with E-state index in [4.69, 9.17) is 23.2 Å². The molecular formula is C16H13Cl2NO2. The van der Waals surface area contributed by atoms with E-state index >= 15 is 0 Å². The van der Waals surface area contributed by atoms with Crippen LogP contribution in [0.5, 0.6) is 0 Å². The summed E-state index contributed by atoms with van der Waals surface area (Å²) in [7, 11) is 0. The molecule has 1 atom stereocenters. The van der Waals surface area contributed by atoms with Crippen molar-refractivity contribution >= 4 is 34.9 Å². The summed E-state index contributed by atoms with van der Waals surface area (Å²) in [5.41, 5.74) is 1.62. The average Bonchev–Trinajstić information content (AvgIpc) is 2.77. The van der Waals surface area contributed by atoms with Crippen LogP contribution in [0.4, 0.5) is 5.69 Å². The van der Waals surface area contributed by atoms with Crippen LogP contribution in [-0.4, -0.2) is 16.6 Å². The van der Waals surface area contributed by atoms with Gasteiger partial charge in [0.05, 0.1) is 0 Å². The van der Waals surface area contributed by atoms with Crippen molar-refractivity contribution in [3.63, 3.8) is 0 Å². The van der Waals surface area contributed by atoms with Gasteiger partial charge in [-0.3, -0.25) is 0 Å². The summed E-state index contributed by atoms with van der Waals surface area (Å²) in [5.74, 6) is -0.880. The fourth-order valence-corrected chi connectivity index (χ4v) is 3.16. The number of anilines is 1. The van der Waals surface area contributed by atoms with Crippen LogP contribution in [0.1, 0.15) is 11.1 Å². The van der Waals surface area contributed by atoms with Gasteiger partial charge < -0.3 is 10.4 Å². The highest BCUT2D eigenvalue weighted by atomic mass is 35.5. The number of rotatable bonds is 3. The molecule has 2 N–H and O–H groups in total. The first-order chi connectivity index (χ1) is 9.98. The minimum absolute atomic E-state index is 0.394. The van der Waals surface area contributed by atoms with Crippen LogP contribution < -0.4 is 5.32 Å². The Labute approximate surface area is 132 Å². The third-order valence-corrected chi connectivity index (χ3v) is 4.24. The van der Waals surface area contributed by atoms with Crippen LogP contribution in [-0.2, 0) is 17.6 Å². The topological polar surface area (TPSA) is 49.3 Å². The lowest BCUT2D eigenvalue weighted by atomic mass is 9.95. The molecule has 21 heavy (non-hydrogen) atoms. The van der Waals surface area contributed by atoms with E-state index in [-0.39, 0.29) is 0 Å². The number of benzene rings is 2. The first kappa shape index (κ1) is 14.2. The highest BCUT2D eigenvalue weighted by Gasteiger charge is 2.44. The fraction of sp³-hybridized carbons (Fsp3) is 0.188. The third kappa shape index (κ3) is 2.71. The minimum Gasteiger partial charge on any atom is -0.479 e. The van der Waals surface area contributed by atoms with Gasteiger partial charge in [-0.05, 0) is 41.5 Å². The van der Waals surface area contributed by atoms with Gasteiger partial charge in [-0.25, -0.2) is 4.79 Å². The molecule has 0 aromatic heterocycles. The zero-order valence-electron chi connectivity index (χ0n) is 11.1. The second kappa shape index (κ2) is 5.24. The molecule has 3 nitrogen and oxygen atoms in total. The molecule has 108 valence electrons. The first-order valence-corrected chi connectivity index (χ1v) is 7.29. The number of fused-ring (bicyclic) bond motifs is 1. The van der Waals surface area contributed by atoms with Gasteiger partial charge in [-0.15, -0.1) is 0 Å². The number of carbonyl (C=O) groups is 1. The van der Waals surface area contributed by atoms with Crippen molar-refractivity contribution < 1.29 is 9.90 Å². The number of hydrogen-bond donors (Lipinski definition) is 2. The summed E-state index contributed by atoms with van der Waals surface area (Å²) >= 11 is 12.0. The molecule has 0 radical (unpaired) electrons. The van der Waals surface area contributed by atoms with Crippen molar-refractivity contribution in [2.45, 2.75) is 18.4 Å². The molecule has 2 aromatic rings. The molecule has 0 saturated heterocycles. The van der Waals surface area contributed by atoms with Gasteiger partial charge in [-0.1, -0.05) is 35.3 Å². The first-order valence-electron chi connectivity index (χ1n) is 6.53. The Morgan fingerprint density at radius 3 is 2.48 bits per heavy atom. The van der Waals surface area contributed by atoms with Crippen LogP contribution in [0.15, 0.2) is 42.5 Å². The summed E-state index contributed by atoms with van der Waals surface area (Å²) < 4.78 is 0. The molecule has 0 aliphatic heterocycles. The zero-order valence-corrected chi connectivity index (χ0v) is 12.6. The third-order valence-electron chi connectivity index (χ3n) is 3.77. The van der Waals surface area contributed by atoms with Gasteiger partial charge in [-0.2, -0.15) is 0 Å². The van der Waals surface area contributed by atoms with E-state index in [1.54, 1.807) is 24.3 Å². The fourth-order valence-electron chi connectivity index (χ4n) is 2.78. The summed E-state index contributed by atoms with van der Waals surface area (Å²) in [4.78, 5) is 11.8. The summed E-state index contributed by atoms with van der Waals surface area (Å²) in [5, 5.41) is 14.0. The lowest BCUT2D eigenvalue weighted by molar-refractivity contribution is -0.142. The van der Waals surface area contributed by atoms with E-state index in [9.17, 15) is 9.90 Å². The van der Waals surface area contributed by atoms with Crippen molar-refractivity contribution in [2.75, 3.05) is 5.32 Å². The van der Waals surface area contributed by atoms with E-state index in [1.807, 2.05) is 18.2 Å². The van der Waals surface area contributed by atoms with Crippen LogP contribution in [0, 0.1) is 0 Å². The largest absolute Gasteiger partial charge is 0.479 e. The molecule has 0 saturated carbocycles. The van der Waals surface area contributed by atoms with Gasteiger partial charge in [0, 0.05) is 28.6 Å². The van der Waals surface area contributed by atoms with E-state index in [1.165, 1.54) is 0 Å². The minimum atomic E-state index is -1.06.